The topological polar surface area (TPSA) is 41.6 Å². The van der Waals surface area contributed by atoms with Gasteiger partial charge in [0, 0.05) is 24.2 Å². The van der Waals surface area contributed by atoms with Gasteiger partial charge in [0.2, 0.25) is 0 Å². The summed E-state index contributed by atoms with van der Waals surface area (Å²) in [5.41, 5.74) is 1.85. The third-order valence-corrected chi connectivity index (χ3v) is 5.33. The molecule has 0 fully saturated rings. The van der Waals surface area contributed by atoms with Crippen molar-refractivity contribution in [1.29, 1.82) is 0 Å². The van der Waals surface area contributed by atoms with E-state index < -0.39 is 0 Å². The van der Waals surface area contributed by atoms with E-state index in [0.29, 0.717) is 6.54 Å². The Bertz CT molecular complexity index is 769. The Morgan fingerprint density at radius 1 is 1.36 bits per heavy atom. The van der Waals surface area contributed by atoms with Gasteiger partial charge in [-0.2, -0.15) is 0 Å². The van der Waals surface area contributed by atoms with Crippen LogP contribution in [0.25, 0.3) is 0 Å². The second-order valence-corrected chi connectivity index (χ2v) is 7.17. The number of nitrogens with one attached hydrogen (secondary N) is 1. The number of methoxy groups -OCH3 is 1. The predicted octanol–water partition coefficient (Wildman–Crippen LogP) is 4.21. The third-order valence-electron chi connectivity index (χ3n) is 4.21. The van der Waals surface area contributed by atoms with E-state index in [-0.39, 0.29) is 17.9 Å². The fourth-order valence-corrected chi connectivity index (χ4v) is 4.00. The van der Waals surface area contributed by atoms with Crippen LogP contribution in [-0.2, 0) is 6.54 Å². The van der Waals surface area contributed by atoms with E-state index >= 15 is 0 Å². The molecule has 0 radical (unpaired) electrons. The number of carbonyl (C=O) groups excluding carboxylic acids is 1. The van der Waals surface area contributed by atoms with Crippen molar-refractivity contribution >= 4 is 17.8 Å². The first kappa shape index (κ1) is 17.6. The summed E-state index contributed by atoms with van der Waals surface area (Å²) >= 11 is 1.70. The Morgan fingerprint density at radius 2 is 2.20 bits per heavy atom. The number of ether oxygens (including phenoxy) is 1. The molecule has 2 amide bonds. The van der Waals surface area contributed by atoms with Gasteiger partial charge < -0.3 is 15.0 Å². The van der Waals surface area contributed by atoms with Gasteiger partial charge >= 0.3 is 6.03 Å². The summed E-state index contributed by atoms with van der Waals surface area (Å²) < 4.78 is 18.8. The molecule has 1 aliphatic rings. The van der Waals surface area contributed by atoms with Crippen molar-refractivity contribution in [2.45, 2.75) is 23.9 Å². The molecule has 0 bridgehead atoms. The highest BCUT2D eigenvalue weighted by atomic mass is 32.2. The number of hydrogen-bond donors (Lipinski definition) is 1. The molecule has 1 heterocycles. The van der Waals surface area contributed by atoms with Crippen LogP contribution in [0.5, 0.6) is 5.75 Å². The standard InChI is InChI=1S/C19H21FN2O2S/c1-22(12-13-4-3-5-15(10-13)24-2)19(23)21-17-8-9-25-18-7-6-14(20)11-16(17)18/h3-7,10-11,17H,8-9,12H2,1-2H3,(H,21,23). The molecule has 1 N–H and O–H groups in total. The zero-order valence-electron chi connectivity index (χ0n) is 14.3. The van der Waals surface area contributed by atoms with E-state index in [1.54, 1.807) is 36.9 Å². The molecule has 6 heteroatoms. The fraction of sp³-hybridized carbons (Fsp3) is 0.316. The Hall–Kier alpha value is -2.21. The summed E-state index contributed by atoms with van der Waals surface area (Å²) in [5.74, 6) is 1.40. The zero-order chi connectivity index (χ0) is 17.8. The van der Waals surface area contributed by atoms with Crippen LogP contribution in [0.15, 0.2) is 47.4 Å². The maximum atomic E-state index is 13.6. The molecular formula is C19H21FN2O2S. The molecule has 0 aromatic heterocycles. The molecule has 0 saturated carbocycles. The van der Waals surface area contributed by atoms with Crippen LogP contribution >= 0.6 is 11.8 Å². The van der Waals surface area contributed by atoms with Crippen molar-refractivity contribution in [2.75, 3.05) is 19.9 Å². The molecule has 1 atom stereocenters. The van der Waals surface area contributed by atoms with Gasteiger partial charge in [0.25, 0.3) is 0 Å². The van der Waals surface area contributed by atoms with Gasteiger partial charge in [0.1, 0.15) is 11.6 Å². The normalized spacial score (nSPS) is 16.0. The lowest BCUT2D eigenvalue weighted by Crippen LogP contribution is -2.39. The number of benzene rings is 2. The summed E-state index contributed by atoms with van der Waals surface area (Å²) in [6.07, 6.45) is 0.792. The molecule has 25 heavy (non-hydrogen) atoms. The lowest BCUT2D eigenvalue weighted by molar-refractivity contribution is 0.202. The second kappa shape index (κ2) is 7.78. The van der Waals surface area contributed by atoms with Gasteiger partial charge in [-0.15, -0.1) is 11.8 Å². The molecular weight excluding hydrogens is 339 g/mol. The predicted molar refractivity (Wildman–Crippen MR) is 97.5 cm³/mol. The van der Waals surface area contributed by atoms with E-state index in [9.17, 15) is 9.18 Å². The average molecular weight is 360 g/mol. The van der Waals surface area contributed by atoms with Crippen molar-refractivity contribution in [3.8, 4) is 5.75 Å². The molecule has 1 aliphatic heterocycles. The Labute approximate surface area is 151 Å². The number of thioether (sulfide) groups is 1. The molecule has 1 unspecified atom stereocenters. The minimum absolute atomic E-state index is 0.160. The van der Waals surface area contributed by atoms with E-state index in [1.165, 1.54) is 12.1 Å². The molecule has 3 rings (SSSR count). The number of nitrogens with zero attached hydrogens (tertiary/aromatic N) is 1. The van der Waals surface area contributed by atoms with Gasteiger partial charge in [0.15, 0.2) is 0 Å². The second-order valence-electron chi connectivity index (χ2n) is 6.03. The van der Waals surface area contributed by atoms with Gasteiger partial charge in [0.05, 0.1) is 13.2 Å². The quantitative estimate of drug-likeness (QED) is 0.888. The fourth-order valence-electron chi connectivity index (χ4n) is 2.89. The van der Waals surface area contributed by atoms with Crippen LogP contribution in [0, 0.1) is 5.82 Å². The van der Waals surface area contributed by atoms with Gasteiger partial charge in [-0.05, 0) is 47.9 Å². The van der Waals surface area contributed by atoms with Crippen molar-refractivity contribution in [3.63, 3.8) is 0 Å². The van der Waals surface area contributed by atoms with E-state index in [4.69, 9.17) is 4.74 Å². The van der Waals surface area contributed by atoms with Crippen LogP contribution in [0.1, 0.15) is 23.6 Å². The number of rotatable bonds is 4. The summed E-state index contributed by atoms with van der Waals surface area (Å²) in [4.78, 5) is 15.2. The highest BCUT2D eigenvalue weighted by molar-refractivity contribution is 7.99. The highest BCUT2D eigenvalue weighted by Crippen LogP contribution is 2.36. The molecule has 0 aliphatic carbocycles. The number of amides is 2. The minimum Gasteiger partial charge on any atom is -0.497 e. The van der Waals surface area contributed by atoms with Crippen molar-refractivity contribution < 1.29 is 13.9 Å². The summed E-state index contributed by atoms with van der Waals surface area (Å²) in [7, 11) is 3.37. The zero-order valence-corrected chi connectivity index (χ0v) is 15.1. The van der Waals surface area contributed by atoms with Crippen molar-refractivity contribution in [3.05, 3.63) is 59.4 Å². The Morgan fingerprint density at radius 3 is 3.00 bits per heavy atom. The first-order valence-corrected chi connectivity index (χ1v) is 9.12. The van der Waals surface area contributed by atoms with E-state index in [1.807, 2.05) is 24.3 Å². The van der Waals surface area contributed by atoms with Crippen molar-refractivity contribution in [2.24, 2.45) is 0 Å². The summed E-state index contributed by atoms with van der Waals surface area (Å²) in [6.45, 7) is 0.473. The van der Waals surface area contributed by atoms with Crippen LogP contribution in [-0.4, -0.2) is 30.8 Å². The summed E-state index contributed by atoms with van der Waals surface area (Å²) in [5, 5.41) is 3.03. The van der Waals surface area contributed by atoms with Gasteiger partial charge in [-0.3, -0.25) is 0 Å². The van der Waals surface area contributed by atoms with E-state index in [2.05, 4.69) is 5.32 Å². The van der Waals surface area contributed by atoms with Gasteiger partial charge in [-0.25, -0.2) is 9.18 Å². The third kappa shape index (κ3) is 4.25. The maximum absolute atomic E-state index is 13.6. The van der Waals surface area contributed by atoms with Crippen LogP contribution in [0.3, 0.4) is 0 Å². The largest absolute Gasteiger partial charge is 0.497 e. The summed E-state index contributed by atoms with van der Waals surface area (Å²) in [6, 6.07) is 12.1. The average Bonchev–Trinajstić information content (AvgIpc) is 2.62. The van der Waals surface area contributed by atoms with Crippen LogP contribution < -0.4 is 10.1 Å². The molecule has 132 valence electrons. The Balaban J connectivity index is 1.67. The highest BCUT2D eigenvalue weighted by Gasteiger charge is 2.24. The maximum Gasteiger partial charge on any atom is 0.317 e. The molecule has 2 aromatic carbocycles. The van der Waals surface area contributed by atoms with E-state index in [0.717, 1.165) is 33.9 Å². The monoisotopic (exact) mass is 360 g/mol. The number of halogens is 1. The number of fused-ring (bicyclic) bond motifs is 1. The smallest absolute Gasteiger partial charge is 0.317 e. The molecule has 4 nitrogen and oxygen atoms in total. The minimum atomic E-state index is -0.273. The SMILES string of the molecule is COc1cccc(CN(C)C(=O)NC2CCSc3ccc(F)cc32)c1. The van der Waals surface area contributed by atoms with Crippen LogP contribution in [0.4, 0.5) is 9.18 Å². The number of hydrogen-bond acceptors (Lipinski definition) is 3. The molecule has 2 aromatic rings. The lowest BCUT2D eigenvalue weighted by Gasteiger charge is -2.28. The number of carbonyl (C=O) groups is 1. The Kier molecular flexibility index (Phi) is 5.48. The first-order valence-electron chi connectivity index (χ1n) is 8.13. The van der Waals surface area contributed by atoms with Crippen molar-refractivity contribution in [1.82, 2.24) is 10.2 Å². The number of urea groups is 1. The van der Waals surface area contributed by atoms with Gasteiger partial charge in [-0.1, -0.05) is 12.1 Å². The molecule has 0 spiro atoms. The molecule has 0 saturated heterocycles. The van der Waals surface area contributed by atoms with Crippen LogP contribution in [0.2, 0.25) is 0 Å². The lowest BCUT2D eigenvalue weighted by atomic mass is 10.0. The first-order chi connectivity index (χ1) is 12.1.